The van der Waals surface area contributed by atoms with Crippen molar-refractivity contribution in [2.45, 2.75) is 26.3 Å². The van der Waals surface area contributed by atoms with E-state index in [1.807, 2.05) is 0 Å². The third-order valence-corrected chi connectivity index (χ3v) is 2.55. The van der Waals surface area contributed by atoms with Crippen LogP contribution in [0.15, 0.2) is 18.2 Å². The second-order valence-electron chi connectivity index (χ2n) is 3.92. The van der Waals surface area contributed by atoms with Gasteiger partial charge in [0, 0.05) is 17.7 Å². The summed E-state index contributed by atoms with van der Waals surface area (Å²) < 4.78 is 4.78. The van der Waals surface area contributed by atoms with Crippen LogP contribution in [0.25, 0.3) is 0 Å². The van der Waals surface area contributed by atoms with Crippen molar-refractivity contribution in [2.24, 2.45) is 5.73 Å². The molecule has 1 aromatic carbocycles. The van der Waals surface area contributed by atoms with E-state index in [1.165, 1.54) is 6.07 Å². The number of rotatable bonds is 5. The maximum absolute atomic E-state index is 11.3. The van der Waals surface area contributed by atoms with Gasteiger partial charge in [0.05, 0.1) is 18.0 Å². The number of carbonyl (C=O) groups excluding carboxylic acids is 1. The average Bonchev–Trinajstić information content (AvgIpc) is 2.29. The highest BCUT2D eigenvalue weighted by atomic mass is 35.5. The van der Waals surface area contributed by atoms with Gasteiger partial charge in [-0.3, -0.25) is 14.9 Å². The van der Waals surface area contributed by atoms with Crippen molar-refractivity contribution in [1.29, 1.82) is 0 Å². The molecule has 0 saturated heterocycles. The molecule has 0 unspecified atom stereocenters. The lowest BCUT2D eigenvalue weighted by Gasteiger charge is -2.11. The van der Waals surface area contributed by atoms with Crippen molar-refractivity contribution in [3.05, 3.63) is 39.4 Å². The summed E-state index contributed by atoms with van der Waals surface area (Å²) in [6.45, 7) is 3.65. The van der Waals surface area contributed by atoms with Gasteiger partial charge in [0.1, 0.15) is 0 Å². The number of ether oxygens (including phenoxy) is 1. The molecule has 0 aliphatic heterocycles. The smallest absolute Gasteiger partial charge is 0.307 e. The molecular weight excluding hydrogens is 272 g/mol. The Morgan fingerprint density at radius 2 is 2.16 bits per heavy atom. The summed E-state index contributed by atoms with van der Waals surface area (Å²) in [6.07, 6.45) is 0.00799. The Bertz CT molecular complexity index is 465. The van der Waals surface area contributed by atoms with Crippen LogP contribution >= 0.6 is 12.4 Å². The number of nitrogens with two attached hydrogens (primary N) is 1. The highest BCUT2D eigenvalue weighted by Gasteiger charge is 2.17. The lowest BCUT2D eigenvalue weighted by Crippen LogP contribution is -2.17. The molecule has 0 radical (unpaired) electrons. The molecule has 7 heteroatoms. The fraction of sp³-hybridized carbons (Fsp3) is 0.417. The summed E-state index contributed by atoms with van der Waals surface area (Å²) >= 11 is 0. The maximum Gasteiger partial charge on any atom is 0.307 e. The monoisotopic (exact) mass is 288 g/mol. The van der Waals surface area contributed by atoms with Gasteiger partial charge < -0.3 is 10.5 Å². The number of halogens is 1. The molecule has 1 rings (SSSR count). The van der Waals surface area contributed by atoms with Crippen molar-refractivity contribution < 1.29 is 14.5 Å². The summed E-state index contributed by atoms with van der Waals surface area (Å²) in [4.78, 5) is 21.6. The molecule has 19 heavy (non-hydrogen) atoms. The number of nitrogens with zero attached hydrogens (tertiary/aromatic N) is 1. The van der Waals surface area contributed by atoms with E-state index in [1.54, 1.807) is 26.0 Å². The molecule has 0 amide bonds. The molecule has 0 fully saturated rings. The van der Waals surface area contributed by atoms with Crippen LogP contribution in [0.2, 0.25) is 0 Å². The van der Waals surface area contributed by atoms with Gasteiger partial charge in [-0.25, -0.2) is 0 Å². The molecule has 0 aliphatic carbocycles. The Kier molecular flexibility index (Phi) is 7.03. The largest absolute Gasteiger partial charge is 0.466 e. The van der Waals surface area contributed by atoms with Crippen LogP contribution < -0.4 is 5.73 Å². The normalized spacial score (nSPS) is 11.3. The number of aryl methyl sites for hydroxylation is 1. The number of benzene rings is 1. The highest BCUT2D eigenvalue weighted by Crippen LogP contribution is 2.23. The van der Waals surface area contributed by atoms with Gasteiger partial charge in [-0.2, -0.15) is 0 Å². The van der Waals surface area contributed by atoms with Gasteiger partial charge in [-0.1, -0.05) is 12.1 Å². The van der Waals surface area contributed by atoms with Gasteiger partial charge in [-0.15, -0.1) is 12.4 Å². The number of hydrogen-bond donors (Lipinski definition) is 1. The number of nitro benzene ring substituents is 1. The first-order valence-electron chi connectivity index (χ1n) is 5.61. The Balaban J connectivity index is 0.00000324. The van der Waals surface area contributed by atoms with Gasteiger partial charge in [0.25, 0.3) is 5.69 Å². The van der Waals surface area contributed by atoms with Crippen LogP contribution in [0.4, 0.5) is 5.69 Å². The van der Waals surface area contributed by atoms with E-state index >= 15 is 0 Å². The number of esters is 1. The first-order chi connectivity index (χ1) is 8.45. The van der Waals surface area contributed by atoms with E-state index in [2.05, 4.69) is 0 Å². The third kappa shape index (κ3) is 4.84. The first-order valence-corrected chi connectivity index (χ1v) is 5.61. The fourth-order valence-electron chi connectivity index (χ4n) is 1.57. The van der Waals surface area contributed by atoms with E-state index in [9.17, 15) is 14.9 Å². The fourth-order valence-corrected chi connectivity index (χ4v) is 1.57. The summed E-state index contributed by atoms with van der Waals surface area (Å²) in [6, 6.07) is 4.12. The van der Waals surface area contributed by atoms with Crippen molar-refractivity contribution in [1.82, 2.24) is 0 Å². The Labute approximate surface area is 117 Å². The second-order valence-corrected chi connectivity index (χ2v) is 3.92. The number of hydrogen-bond acceptors (Lipinski definition) is 5. The molecule has 6 nitrogen and oxygen atoms in total. The predicted molar refractivity (Wildman–Crippen MR) is 73.3 cm³/mol. The molecule has 0 bridgehead atoms. The van der Waals surface area contributed by atoms with Gasteiger partial charge in [-0.05, 0) is 19.4 Å². The van der Waals surface area contributed by atoms with Crippen LogP contribution in [0, 0.1) is 17.0 Å². The summed E-state index contributed by atoms with van der Waals surface area (Å²) in [5.41, 5.74) is 6.95. The topological polar surface area (TPSA) is 95.5 Å². The van der Waals surface area contributed by atoms with E-state index in [-0.39, 0.29) is 24.5 Å². The first kappa shape index (κ1) is 17.3. The minimum absolute atomic E-state index is 0. The van der Waals surface area contributed by atoms with Gasteiger partial charge >= 0.3 is 5.97 Å². The molecular formula is C12H17ClN2O4. The zero-order valence-corrected chi connectivity index (χ0v) is 11.6. The van der Waals surface area contributed by atoms with E-state index in [0.717, 1.165) is 0 Å². The van der Waals surface area contributed by atoms with Crippen LogP contribution in [-0.2, 0) is 9.53 Å². The molecule has 0 heterocycles. The zero-order valence-electron chi connectivity index (χ0n) is 10.8. The minimum Gasteiger partial charge on any atom is -0.466 e. The van der Waals surface area contributed by atoms with Crippen molar-refractivity contribution in [3.8, 4) is 0 Å². The molecule has 2 N–H and O–H groups in total. The summed E-state index contributed by atoms with van der Waals surface area (Å²) in [5, 5.41) is 10.8. The zero-order chi connectivity index (χ0) is 13.7. The SMILES string of the molecule is CCOC(=O)C[C@H](N)c1ccc(C)c([N+](=O)[O-])c1.Cl. The number of carbonyl (C=O) groups is 1. The molecule has 0 spiro atoms. The molecule has 106 valence electrons. The Morgan fingerprint density at radius 3 is 2.68 bits per heavy atom. The number of nitro groups is 1. The van der Waals surface area contributed by atoms with Gasteiger partial charge in [0.15, 0.2) is 0 Å². The molecule has 1 atom stereocenters. The summed E-state index contributed by atoms with van der Waals surface area (Å²) in [5.74, 6) is -0.409. The van der Waals surface area contributed by atoms with Crippen LogP contribution in [-0.4, -0.2) is 17.5 Å². The van der Waals surface area contributed by atoms with E-state index in [4.69, 9.17) is 10.5 Å². The van der Waals surface area contributed by atoms with Crippen LogP contribution in [0.1, 0.15) is 30.5 Å². The maximum atomic E-state index is 11.3. The van der Waals surface area contributed by atoms with Gasteiger partial charge in [0.2, 0.25) is 0 Å². The quantitative estimate of drug-likeness (QED) is 0.509. The molecule has 0 aromatic heterocycles. The van der Waals surface area contributed by atoms with E-state index < -0.39 is 16.9 Å². The standard InChI is InChI=1S/C12H16N2O4.ClH/c1-3-18-12(15)7-10(13)9-5-4-8(2)11(6-9)14(16)17;/h4-6,10H,3,7,13H2,1-2H3;1H/t10-;/m0./s1. The average molecular weight is 289 g/mol. The van der Waals surface area contributed by atoms with Crippen LogP contribution in [0.3, 0.4) is 0 Å². The Hall–Kier alpha value is -1.66. The molecule has 0 aliphatic rings. The minimum atomic E-state index is -0.594. The lowest BCUT2D eigenvalue weighted by molar-refractivity contribution is -0.385. The third-order valence-electron chi connectivity index (χ3n) is 2.55. The van der Waals surface area contributed by atoms with Crippen molar-refractivity contribution in [2.75, 3.05) is 6.61 Å². The lowest BCUT2D eigenvalue weighted by atomic mass is 10.0. The van der Waals surface area contributed by atoms with Crippen molar-refractivity contribution in [3.63, 3.8) is 0 Å². The van der Waals surface area contributed by atoms with Crippen LogP contribution in [0.5, 0.6) is 0 Å². The highest BCUT2D eigenvalue weighted by molar-refractivity contribution is 5.85. The van der Waals surface area contributed by atoms with E-state index in [0.29, 0.717) is 17.7 Å². The molecule has 1 aromatic rings. The molecule has 0 saturated carbocycles. The van der Waals surface area contributed by atoms with Crippen molar-refractivity contribution >= 4 is 24.1 Å². The summed E-state index contributed by atoms with van der Waals surface area (Å²) in [7, 11) is 0. The predicted octanol–water partition coefficient (Wildman–Crippen LogP) is 2.28. The Morgan fingerprint density at radius 1 is 1.53 bits per heavy atom. The second kappa shape index (κ2) is 7.70.